The van der Waals surface area contributed by atoms with Crippen LogP contribution < -0.4 is 0 Å². The molecule has 18 heavy (non-hydrogen) atoms. The highest BCUT2D eigenvalue weighted by Gasteiger charge is 2.26. The molecule has 0 amide bonds. The van der Waals surface area contributed by atoms with Crippen molar-refractivity contribution in [3.63, 3.8) is 0 Å². The Morgan fingerprint density at radius 2 is 1.94 bits per heavy atom. The Bertz CT molecular complexity index is 459. The predicted octanol–water partition coefficient (Wildman–Crippen LogP) is 4.33. The van der Waals surface area contributed by atoms with E-state index in [1.54, 1.807) is 0 Å². The van der Waals surface area contributed by atoms with Crippen LogP contribution >= 0.6 is 0 Å². The van der Waals surface area contributed by atoms with Crippen LogP contribution in [0.1, 0.15) is 49.5 Å². The van der Waals surface area contributed by atoms with Crippen LogP contribution in [0.5, 0.6) is 0 Å². The highest BCUT2D eigenvalue weighted by atomic mass is 16.3. The van der Waals surface area contributed by atoms with Crippen molar-refractivity contribution in [3.05, 3.63) is 46.5 Å². The van der Waals surface area contributed by atoms with E-state index in [1.165, 1.54) is 16.7 Å². The minimum Gasteiger partial charge on any atom is -0.388 e. The summed E-state index contributed by atoms with van der Waals surface area (Å²) in [6.07, 6.45) is 4.13. The molecule has 0 bridgehead atoms. The van der Waals surface area contributed by atoms with Gasteiger partial charge in [-0.2, -0.15) is 0 Å². The fourth-order valence-electron chi connectivity index (χ4n) is 3.25. The van der Waals surface area contributed by atoms with Crippen LogP contribution in [0.3, 0.4) is 0 Å². The topological polar surface area (TPSA) is 20.2 Å². The molecule has 1 heteroatoms. The van der Waals surface area contributed by atoms with Gasteiger partial charge in [0.15, 0.2) is 0 Å². The van der Waals surface area contributed by atoms with Gasteiger partial charge in [-0.3, -0.25) is 0 Å². The minimum atomic E-state index is -0.323. The Balaban J connectivity index is 2.21. The van der Waals surface area contributed by atoms with E-state index in [2.05, 4.69) is 52.0 Å². The Morgan fingerprint density at radius 1 is 1.22 bits per heavy atom. The second kappa shape index (κ2) is 5.27. The lowest BCUT2D eigenvalue weighted by Gasteiger charge is -2.30. The van der Waals surface area contributed by atoms with E-state index in [-0.39, 0.29) is 6.10 Å². The van der Waals surface area contributed by atoms with E-state index >= 15 is 0 Å². The summed E-state index contributed by atoms with van der Waals surface area (Å²) in [4.78, 5) is 0. The second-order valence-corrected chi connectivity index (χ2v) is 6.00. The smallest absolute Gasteiger partial charge is 0.0824 e. The van der Waals surface area contributed by atoms with Gasteiger partial charge >= 0.3 is 0 Å². The average molecular weight is 244 g/mol. The van der Waals surface area contributed by atoms with Gasteiger partial charge in [-0.25, -0.2) is 0 Å². The summed E-state index contributed by atoms with van der Waals surface area (Å²) >= 11 is 0. The summed E-state index contributed by atoms with van der Waals surface area (Å²) in [5.41, 5.74) is 4.99. The Labute approximate surface area is 111 Å². The van der Waals surface area contributed by atoms with Gasteiger partial charge in [0.25, 0.3) is 0 Å². The molecule has 3 unspecified atom stereocenters. The van der Waals surface area contributed by atoms with Crippen molar-refractivity contribution >= 4 is 0 Å². The largest absolute Gasteiger partial charge is 0.388 e. The first-order valence-electron chi connectivity index (χ1n) is 6.90. The van der Waals surface area contributed by atoms with Crippen molar-refractivity contribution in [1.29, 1.82) is 0 Å². The van der Waals surface area contributed by atoms with E-state index in [0.717, 1.165) is 18.4 Å². The maximum atomic E-state index is 10.6. The first-order valence-corrected chi connectivity index (χ1v) is 6.90. The van der Waals surface area contributed by atoms with Crippen LogP contribution in [0.15, 0.2) is 29.8 Å². The fourth-order valence-corrected chi connectivity index (χ4v) is 3.25. The highest BCUT2D eigenvalue weighted by molar-refractivity contribution is 5.32. The zero-order valence-electron chi connectivity index (χ0n) is 11.9. The quantitative estimate of drug-likeness (QED) is 0.768. The Hall–Kier alpha value is -1.08. The molecule has 3 atom stereocenters. The van der Waals surface area contributed by atoms with Gasteiger partial charge in [0.05, 0.1) is 6.10 Å². The summed E-state index contributed by atoms with van der Waals surface area (Å²) in [5, 5.41) is 10.6. The summed E-state index contributed by atoms with van der Waals surface area (Å²) in [6, 6.07) is 6.35. The Kier molecular flexibility index (Phi) is 3.91. The summed E-state index contributed by atoms with van der Waals surface area (Å²) in [7, 11) is 0. The van der Waals surface area contributed by atoms with Crippen LogP contribution in [0.4, 0.5) is 0 Å². The second-order valence-electron chi connectivity index (χ2n) is 6.00. The average Bonchev–Trinajstić information content (AvgIpc) is 2.26. The van der Waals surface area contributed by atoms with Gasteiger partial charge in [-0.05, 0) is 56.6 Å². The molecule has 1 aromatic rings. The summed E-state index contributed by atoms with van der Waals surface area (Å²) in [6.45, 7) is 8.61. The third-order valence-corrected chi connectivity index (χ3v) is 4.02. The van der Waals surface area contributed by atoms with Crippen LogP contribution in [-0.2, 0) is 0 Å². The highest BCUT2D eigenvalue weighted by Crippen LogP contribution is 2.37. The molecule has 0 aliphatic heterocycles. The van der Waals surface area contributed by atoms with Crippen LogP contribution in [0.25, 0.3) is 0 Å². The van der Waals surface area contributed by atoms with E-state index < -0.39 is 0 Å². The molecular formula is C17H24O. The SMILES string of the molecule is CC1=CC(C)CC(C(O)c2ccc(C)cc2C)C1. The number of allylic oxidation sites excluding steroid dienone is 2. The standard InChI is InChI=1S/C17H24O/c1-11-5-6-16(14(4)8-11)17(18)15-9-12(2)7-13(3)10-15/h5-8,12,15,17-18H,9-10H2,1-4H3. The van der Waals surface area contributed by atoms with E-state index in [4.69, 9.17) is 0 Å². The van der Waals surface area contributed by atoms with Crippen LogP contribution in [-0.4, -0.2) is 5.11 Å². The van der Waals surface area contributed by atoms with Gasteiger partial charge in [0.2, 0.25) is 0 Å². The molecule has 0 radical (unpaired) electrons. The number of hydrogen-bond donors (Lipinski definition) is 1. The molecule has 1 aliphatic rings. The van der Waals surface area contributed by atoms with Crippen LogP contribution in [0, 0.1) is 25.7 Å². The van der Waals surface area contributed by atoms with E-state index in [9.17, 15) is 5.11 Å². The fraction of sp³-hybridized carbons (Fsp3) is 0.529. The zero-order chi connectivity index (χ0) is 13.3. The number of aliphatic hydroxyl groups is 1. The Morgan fingerprint density at radius 3 is 2.56 bits per heavy atom. The lowest BCUT2D eigenvalue weighted by Crippen LogP contribution is -2.20. The minimum absolute atomic E-state index is 0.323. The van der Waals surface area contributed by atoms with E-state index in [1.807, 2.05) is 0 Å². The van der Waals surface area contributed by atoms with Crippen molar-refractivity contribution in [1.82, 2.24) is 0 Å². The maximum Gasteiger partial charge on any atom is 0.0824 e. The van der Waals surface area contributed by atoms with Crippen molar-refractivity contribution in [2.45, 2.75) is 46.6 Å². The van der Waals surface area contributed by atoms with Crippen molar-refractivity contribution in [2.75, 3.05) is 0 Å². The molecule has 0 saturated carbocycles. The van der Waals surface area contributed by atoms with Crippen molar-refractivity contribution in [2.24, 2.45) is 11.8 Å². The van der Waals surface area contributed by atoms with Gasteiger partial charge in [0.1, 0.15) is 0 Å². The first kappa shape index (κ1) is 13.4. The molecule has 1 nitrogen and oxygen atoms in total. The van der Waals surface area contributed by atoms with Crippen molar-refractivity contribution in [3.8, 4) is 0 Å². The number of aryl methyl sites for hydroxylation is 2. The monoisotopic (exact) mass is 244 g/mol. The zero-order valence-corrected chi connectivity index (χ0v) is 11.9. The maximum absolute atomic E-state index is 10.6. The number of benzene rings is 1. The molecule has 0 aromatic heterocycles. The molecule has 1 aliphatic carbocycles. The molecule has 1 N–H and O–H groups in total. The van der Waals surface area contributed by atoms with Crippen molar-refractivity contribution < 1.29 is 5.11 Å². The predicted molar refractivity (Wildman–Crippen MR) is 76.5 cm³/mol. The molecule has 98 valence electrons. The number of hydrogen-bond acceptors (Lipinski definition) is 1. The molecule has 0 spiro atoms. The third kappa shape index (κ3) is 2.84. The summed E-state index contributed by atoms with van der Waals surface area (Å²) < 4.78 is 0. The molecule has 0 fully saturated rings. The molecule has 2 rings (SSSR count). The van der Waals surface area contributed by atoms with Gasteiger partial charge < -0.3 is 5.11 Å². The van der Waals surface area contributed by atoms with Gasteiger partial charge in [-0.1, -0.05) is 42.3 Å². The van der Waals surface area contributed by atoms with Crippen LogP contribution in [0.2, 0.25) is 0 Å². The summed E-state index contributed by atoms with van der Waals surface area (Å²) in [5.74, 6) is 0.954. The molecular weight excluding hydrogens is 220 g/mol. The number of aliphatic hydroxyl groups excluding tert-OH is 1. The molecule has 0 heterocycles. The van der Waals surface area contributed by atoms with Gasteiger partial charge in [0, 0.05) is 0 Å². The third-order valence-electron chi connectivity index (χ3n) is 4.02. The molecule has 0 saturated heterocycles. The lowest BCUT2D eigenvalue weighted by atomic mass is 9.78. The lowest BCUT2D eigenvalue weighted by molar-refractivity contribution is 0.0927. The van der Waals surface area contributed by atoms with E-state index in [0.29, 0.717) is 11.8 Å². The normalized spacial score (nSPS) is 25.7. The molecule has 1 aromatic carbocycles. The first-order chi connectivity index (χ1) is 8.47. The number of rotatable bonds is 2. The van der Waals surface area contributed by atoms with Gasteiger partial charge in [-0.15, -0.1) is 0 Å².